The van der Waals surface area contributed by atoms with Crippen molar-refractivity contribution in [3.8, 4) is 0 Å². The summed E-state index contributed by atoms with van der Waals surface area (Å²) in [6.07, 6.45) is 0. The Balaban J connectivity index is 3.06. The first-order valence-electron chi connectivity index (χ1n) is 3.77. The number of nitrogens with one attached hydrogen (secondary N) is 1. The summed E-state index contributed by atoms with van der Waals surface area (Å²) < 4.78 is 0.657. The van der Waals surface area contributed by atoms with Gasteiger partial charge in [0.25, 0.3) is 5.56 Å². The van der Waals surface area contributed by atoms with Gasteiger partial charge in [0.05, 0.1) is 6.54 Å². The summed E-state index contributed by atoms with van der Waals surface area (Å²) in [6.45, 7) is -0.316. The second-order valence-electron chi connectivity index (χ2n) is 2.68. The zero-order chi connectivity index (χ0) is 11.6. The molecule has 1 atom stereocenters. The molecule has 0 aromatic carbocycles. The lowest BCUT2D eigenvalue weighted by Crippen LogP contribution is -2.41. The van der Waals surface area contributed by atoms with Crippen molar-refractivity contribution in [3.63, 3.8) is 0 Å². The summed E-state index contributed by atoms with van der Waals surface area (Å²) in [7, 11) is 0. The number of halogens is 1. The highest BCUT2D eigenvalue weighted by Gasteiger charge is 2.14. The van der Waals surface area contributed by atoms with Gasteiger partial charge in [0, 0.05) is 0 Å². The van der Waals surface area contributed by atoms with Gasteiger partial charge in [-0.3, -0.25) is 14.6 Å². The van der Waals surface area contributed by atoms with E-state index in [0.29, 0.717) is 0 Å². The van der Waals surface area contributed by atoms with Gasteiger partial charge in [-0.2, -0.15) is 5.10 Å². The molecular weight excluding hydrogens is 272 g/mol. The van der Waals surface area contributed by atoms with Crippen LogP contribution in [-0.4, -0.2) is 31.9 Å². The zero-order valence-electron chi connectivity index (χ0n) is 7.31. The van der Waals surface area contributed by atoms with Crippen LogP contribution in [-0.2, 0) is 11.3 Å². The van der Waals surface area contributed by atoms with Crippen molar-refractivity contribution in [3.05, 3.63) is 25.4 Å². The maximum atomic E-state index is 11.1. The molecule has 82 valence electrons. The van der Waals surface area contributed by atoms with Crippen LogP contribution in [0.25, 0.3) is 0 Å². The van der Waals surface area contributed by atoms with Crippen LogP contribution < -0.4 is 17.0 Å². The molecule has 1 unspecified atom stereocenters. The number of nitrogens with zero attached hydrogens (tertiary/aromatic N) is 2. The minimum Gasteiger partial charge on any atom is -0.480 e. The van der Waals surface area contributed by atoms with Crippen molar-refractivity contribution in [2.45, 2.75) is 12.6 Å². The molecule has 0 saturated heterocycles. The van der Waals surface area contributed by atoms with Crippen molar-refractivity contribution < 1.29 is 9.90 Å². The van der Waals surface area contributed by atoms with Crippen molar-refractivity contribution >= 4 is 21.9 Å². The smallest absolute Gasteiger partial charge is 0.344 e. The number of H-pyrrole nitrogens is 1. The molecule has 4 N–H and O–H groups in total. The molecule has 0 amide bonds. The van der Waals surface area contributed by atoms with Gasteiger partial charge in [0.15, 0.2) is 4.60 Å². The largest absolute Gasteiger partial charge is 0.480 e. The molecule has 0 aliphatic carbocycles. The molecule has 0 bridgehead atoms. The van der Waals surface area contributed by atoms with E-state index in [-0.39, 0.29) is 11.1 Å². The number of aliphatic carboxylic acids is 1. The van der Waals surface area contributed by atoms with Crippen LogP contribution in [0.3, 0.4) is 0 Å². The second-order valence-corrected chi connectivity index (χ2v) is 3.43. The van der Waals surface area contributed by atoms with Crippen LogP contribution in [0.15, 0.2) is 14.2 Å². The van der Waals surface area contributed by atoms with E-state index in [4.69, 9.17) is 10.8 Å². The van der Waals surface area contributed by atoms with Crippen molar-refractivity contribution in [1.82, 2.24) is 14.8 Å². The first-order valence-corrected chi connectivity index (χ1v) is 4.56. The van der Waals surface area contributed by atoms with E-state index in [2.05, 4.69) is 21.0 Å². The van der Waals surface area contributed by atoms with Crippen LogP contribution in [0.1, 0.15) is 0 Å². The normalized spacial score (nSPS) is 12.4. The number of carbonyl (C=O) groups is 1. The minimum atomic E-state index is -1.26. The molecular formula is C6H7BrN4O4. The van der Waals surface area contributed by atoms with Crippen LogP contribution in [0.5, 0.6) is 0 Å². The first kappa shape index (κ1) is 11.6. The van der Waals surface area contributed by atoms with Gasteiger partial charge >= 0.3 is 11.7 Å². The van der Waals surface area contributed by atoms with Crippen LogP contribution in [0.4, 0.5) is 0 Å². The fourth-order valence-electron chi connectivity index (χ4n) is 0.798. The van der Waals surface area contributed by atoms with Crippen LogP contribution in [0.2, 0.25) is 0 Å². The van der Waals surface area contributed by atoms with E-state index >= 15 is 0 Å². The van der Waals surface area contributed by atoms with Gasteiger partial charge in [0.1, 0.15) is 6.04 Å². The number of carboxylic acid groups (broad SMARTS) is 1. The third-order valence-electron chi connectivity index (χ3n) is 1.54. The summed E-state index contributed by atoms with van der Waals surface area (Å²) in [4.78, 5) is 34.4. The number of hydrogen-bond acceptors (Lipinski definition) is 5. The maximum absolute atomic E-state index is 11.1. The van der Waals surface area contributed by atoms with Gasteiger partial charge in [-0.25, -0.2) is 9.48 Å². The fraction of sp³-hybridized carbons (Fsp3) is 0.333. The monoisotopic (exact) mass is 278 g/mol. The number of nitrogens with two attached hydrogens (primary N) is 1. The van der Waals surface area contributed by atoms with Gasteiger partial charge in [-0.15, -0.1) is 0 Å². The lowest BCUT2D eigenvalue weighted by atomic mass is 10.3. The molecule has 8 nitrogen and oxygen atoms in total. The Morgan fingerprint density at radius 3 is 2.80 bits per heavy atom. The molecule has 0 aliphatic rings. The van der Waals surface area contributed by atoms with E-state index < -0.39 is 23.3 Å². The highest BCUT2D eigenvalue weighted by molar-refractivity contribution is 9.10. The molecule has 0 spiro atoms. The first-order chi connectivity index (χ1) is 6.91. The summed E-state index contributed by atoms with van der Waals surface area (Å²) in [5.74, 6) is -1.26. The third-order valence-corrected chi connectivity index (χ3v) is 2.06. The Bertz CT molecular complexity index is 493. The highest BCUT2D eigenvalue weighted by Crippen LogP contribution is 1.92. The quantitative estimate of drug-likeness (QED) is 0.592. The minimum absolute atomic E-state index is 0.111. The molecule has 0 radical (unpaired) electrons. The number of carboxylic acids is 1. The van der Waals surface area contributed by atoms with E-state index in [1.165, 1.54) is 0 Å². The van der Waals surface area contributed by atoms with Crippen molar-refractivity contribution in [2.75, 3.05) is 0 Å². The topological polar surface area (TPSA) is 131 Å². The van der Waals surface area contributed by atoms with E-state index in [1.807, 2.05) is 4.98 Å². The predicted octanol–water partition coefficient (Wildman–Crippen LogP) is -1.89. The SMILES string of the molecule is NC(Cn1nc(Br)c(=O)[nH]c1=O)C(=O)O. The van der Waals surface area contributed by atoms with Crippen LogP contribution >= 0.6 is 15.9 Å². The standard InChI is InChI=1S/C6H7BrN4O4/c7-3-4(12)9-6(15)11(10-3)1-2(8)5(13)14/h2H,1,8H2,(H,13,14)(H,9,12,15). The van der Waals surface area contributed by atoms with Gasteiger partial charge in [0.2, 0.25) is 0 Å². The molecule has 1 rings (SSSR count). The number of aromatic amines is 1. The van der Waals surface area contributed by atoms with E-state index in [1.54, 1.807) is 0 Å². The summed E-state index contributed by atoms with van der Waals surface area (Å²) >= 11 is 2.80. The molecule has 1 aromatic rings. The molecule has 1 aromatic heterocycles. The highest BCUT2D eigenvalue weighted by atomic mass is 79.9. The predicted molar refractivity (Wildman–Crippen MR) is 52.4 cm³/mol. The fourth-order valence-corrected chi connectivity index (χ4v) is 1.09. The Labute approximate surface area is 90.8 Å². The molecule has 0 aliphatic heterocycles. The zero-order valence-corrected chi connectivity index (χ0v) is 8.89. The molecule has 0 fully saturated rings. The second kappa shape index (κ2) is 4.36. The Kier molecular flexibility index (Phi) is 3.37. The van der Waals surface area contributed by atoms with Crippen LogP contribution in [0, 0.1) is 0 Å². The Morgan fingerprint density at radius 2 is 2.27 bits per heavy atom. The average molecular weight is 279 g/mol. The number of hydrogen-bond donors (Lipinski definition) is 3. The average Bonchev–Trinajstić information content (AvgIpc) is 2.13. The lowest BCUT2D eigenvalue weighted by molar-refractivity contribution is -0.138. The summed E-state index contributed by atoms with van der Waals surface area (Å²) in [6, 6.07) is -1.26. The van der Waals surface area contributed by atoms with Gasteiger partial charge in [-0.05, 0) is 15.9 Å². The molecule has 0 saturated carbocycles. The lowest BCUT2D eigenvalue weighted by Gasteiger charge is -2.07. The summed E-state index contributed by atoms with van der Waals surface area (Å²) in [5, 5.41) is 12.0. The van der Waals surface area contributed by atoms with E-state index in [9.17, 15) is 14.4 Å². The molecule has 1 heterocycles. The molecule has 15 heavy (non-hydrogen) atoms. The van der Waals surface area contributed by atoms with E-state index in [0.717, 1.165) is 4.68 Å². The van der Waals surface area contributed by atoms with Gasteiger partial charge in [-0.1, -0.05) is 0 Å². The Hall–Kier alpha value is -1.48. The van der Waals surface area contributed by atoms with Gasteiger partial charge < -0.3 is 10.8 Å². The number of rotatable bonds is 3. The Morgan fingerprint density at radius 1 is 1.67 bits per heavy atom. The van der Waals surface area contributed by atoms with Crippen molar-refractivity contribution in [1.29, 1.82) is 0 Å². The maximum Gasteiger partial charge on any atom is 0.344 e. The number of aromatic nitrogens is 3. The third kappa shape index (κ3) is 2.73. The molecule has 9 heteroatoms. The summed E-state index contributed by atoms with van der Waals surface area (Å²) in [5.41, 5.74) is 3.71. The van der Waals surface area contributed by atoms with Crippen molar-refractivity contribution in [2.24, 2.45) is 5.73 Å².